The fourth-order valence-electron chi connectivity index (χ4n) is 2.31. The van der Waals surface area contributed by atoms with Crippen LogP contribution >= 0.6 is 11.6 Å². The Morgan fingerprint density at radius 2 is 2.00 bits per heavy atom. The van der Waals surface area contributed by atoms with Crippen molar-refractivity contribution in [3.05, 3.63) is 59.7 Å². The first-order valence-corrected chi connectivity index (χ1v) is 6.97. The SMILES string of the molecule is ClC1CC(C2=CC=CCC2)=NC(c2ccccc2)=N1. The highest BCUT2D eigenvalue weighted by atomic mass is 35.5. The van der Waals surface area contributed by atoms with Gasteiger partial charge in [-0.15, -0.1) is 0 Å². The maximum Gasteiger partial charge on any atom is 0.156 e. The average Bonchev–Trinajstić information content (AvgIpc) is 2.48. The molecule has 2 aliphatic rings. The first-order chi connectivity index (χ1) is 9.33. The molecule has 0 amide bonds. The number of halogens is 1. The van der Waals surface area contributed by atoms with Crippen LogP contribution in [0.2, 0.25) is 0 Å². The molecule has 96 valence electrons. The Bertz CT molecular complexity index is 582. The van der Waals surface area contributed by atoms with Crippen LogP contribution < -0.4 is 0 Å². The van der Waals surface area contributed by atoms with Crippen LogP contribution in [0, 0.1) is 0 Å². The predicted molar refractivity (Wildman–Crippen MR) is 81.1 cm³/mol. The van der Waals surface area contributed by atoms with Gasteiger partial charge in [0.15, 0.2) is 5.84 Å². The molecule has 0 spiro atoms. The van der Waals surface area contributed by atoms with E-state index in [9.17, 15) is 0 Å². The summed E-state index contributed by atoms with van der Waals surface area (Å²) in [5, 5.41) is 0. The van der Waals surface area contributed by atoms with E-state index in [0.29, 0.717) is 0 Å². The molecule has 0 saturated carbocycles. The van der Waals surface area contributed by atoms with Gasteiger partial charge in [-0.05, 0) is 18.4 Å². The fourth-order valence-corrected chi connectivity index (χ4v) is 2.55. The number of alkyl halides is 1. The molecule has 2 nitrogen and oxygen atoms in total. The van der Waals surface area contributed by atoms with Crippen molar-refractivity contribution < 1.29 is 0 Å². The maximum absolute atomic E-state index is 6.26. The molecule has 3 rings (SSSR count). The largest absolute Gasteiger partial charge is 0.246 e. The van der Waals surface area contributed by atoms with Crippen molar-refractivity contribution in [1.82, 2.24) is 0 Å². The topological polar surface area (TPSA) is 24.7 Å². The Morgan fingerprint density at radius 3 is 2.74 bits per heavy atom. The van der Waals surface area contributed by atoms with Gasteiger partial charge < -0.3 is 0 Å². The highest BCUT2D eigenvalue weighted by molar-refractivity contribution is 6.26. The van der Waals surface area contributed by atoms with Crippen molar-refractivity contribution in [3.8, 4) is 0 Å². The van der Waals surface area contributed by atoms with E-state index in [-0.39, 0.29) is 5.50 Å². The van der Waals surface area contributed by atoms with Crippen LogP contribution in [0.1, 0.15) is 24.8 Å². The lowest BCUT2D eigenvalue weighted by molar-refractivity contribution is 0.909. The summed E-state index contributed by atoms with van der Waals surface area (Å²) in [6.45, 7) is 0. The van der Waals surface area contributed by atoms with E-state index in [1.165, 1.54) is 5.57 Å². The molecule has 0 radical (unpaired) electrons. The Morgan fingerprint density at radius 1 is 1.16 bits per heavy atom. The lowest BCUT2D eigenvalue weighted by Gasteiger charge is -2.19. The standard InChI is InChI=1S/C16H15ClN2/c17-15-11-14(12-7-3-1-4-8-12)18-16(19-15)13-9-5-2-6-10-13/h1-3,5-7,9-10,15H,4,8,11H2. The minimum absolute atomic E-state index is 0.213. The third-order valence-corrected chi connectivity index (χ3v) is 3.53. The summed E-state index contributed by atoms with van der Waals surface area (Å²) in [5.41, 5.74) is 3.18. The molecule has 1 aliphatic heterocycles. The third-order valence-electron chi connectivity index (χ3n) is 3.28. The quantitative estimate of drug-likeness (QED) is 0.570. The van der Waals surface area contributed by atoms with Crippen molar-refractivity contribution >= 4 is 23.1 Å². The molecule has 0 bridgehead atoms. The molecule has 3 heteroatoms. The zero-order valence-electron chi connectivity index (χ0n) is 10.6. The minimum Gasteiger partial charge on any atom is -0.246 e. The zero-order chi connectivity index (χ0) is 13.1. The number of nitrogens with zero attached hydrogens (tertiary/aromatic N) is 2. The van der Waals surface area contributed by atoms with Gasteiger partial charge in [-0.2, -0.15) is 0 Å². The van der Waals surface area contributed by atoms with Crippen molar-refractivity contribution in [2.45, 2.75) is 24.8 Å². The predicted octanol–water partition coefficient (Wildman–Crippen LogP) is 4.12. The van der Waals surface area contributed by atoms with Crippen molar-refractivity contribution in [2.75, 3.05) is 0 Å². The van der Waals surface area contributed by atoms with E-state index in [1.54, 1.807) is 0 Å². The number of amidine groups is 1. The third kappa shape index (κ3) is 2.85. The van der Waals surface area contributed by atoms with Gasteiger partial charge in [0.25, 0.3) is 0 Å². The molecule has 1 unspecified atom stereocenters. The van der Waals surface area contributed by atoms with Gasteiger partial charge >= 0.3 is 0 Å². The summed E-state index contributed by atoms with van der Waals surface area (Å²) >= 11 is 6.26. The molecule has 0 saturated heterocycles. The molecule has 0 fully saturated rings. The highest BCUT2D eigenvalue weighted by Gasteiger charge is 2.19. The van der Waals surface area contributed by atoms with E-state index >= 15 is 0 Å². The molecule has 19 heavy (non-hydrogen) atoms. The van der Waals surface area contributed by atoms with E-state index < -0.39 is 0 Å². The van der Waals surface area contributed by atoms with Crippen LogP contribution in [0.4, 0.5) is 0 Å². The number of benzene rings is 1. The van der Waals surface area contributed by atoms with Crippen LogP contribution in [-0.2, 0) is 0 Å². The van der Waals surface area contributed by atoms with Gasteiger partial charge in [0.05, 0.1) is 0 Å². The van der Waals surface area contributed by atoms with E-state index in [4.69, 9.17) is 16.6 Å². The number of allylic oxidation sites excluding steroid dienone is 4. The molecule has 0 aromatic heterocycles. The van der Waals surface area contributed by atoms with Crippen molar-refractivity contribution in [3.63, 3.8) is 0 Å². The van der Waals surface area contributed by atoms with Gasteiger partial charge in [0.2, 0.25) is 0 Å². The first kappa shape index (κ1) is 12.4. The molecule has 1 heterocycles. The van der Waals surface area contributed by atoms with Crippen molar-refractivity contribution in [2.24, 2.45) is 9.98 Å². The number of rotatable bonds is 2. The Kier molecular flexibility index (Phi) is 3.60. The van der Waals surface area contributed by atoms with Crippen LogP contribution in [0.3, 0.4) is 0 Å². The van der Waals surface area contributed by atoms with Crippen LogP contribution in [0.15, 0.2) is 64.1 Å². The van der Waals surface area contributed by atoms with Gasteiger partial charge in [0.1, 0.15) is 5.50 Å². The lowest BCUT2D eigenvalue weighted by atomic mass is 9.97. The zero-order valence-corrected chi connectivity index (χ0v) is 11.3. The average molecular weight is 271 g/mol. The number of hydrogen-bond donors (Lipinski definition) is 0. The summed E-state index contributed by atoms with van der Waals surface area (Å²) < 4.78 is 0. The molecule has 1 aromatic rings. The molecule has 0 N–H and O–H groups in total. The Hall–Kier alpha value is -1.67. The molecular formula is C16H15ClN2. The first-order valence-electron chi connectivity index (χ1n) is 6.54. The Labute approximate surface area is 118 Å². The Balaban J connectivity index is 1.95. The van der Waals surface area contributed by atoms with Crippen molar-refractivity contribution in [1.29, 1.82) is 0 Å². The maximum atomic E-state index is 6.26. The minimum atomic E-state index is -0.213. The summed E-state index contributed by atoms with van der Waals surface area (Å²) in [7, 11) is 0. The summed E-state index contributed by atoms with van der Waals surface area (Å²) in [6.07, 6.45) is 9.25. The monoisotopic (exact) mass is 270 g/mol. The summed E-state index contributed by atoms with van der Waals surface area (Å²) in [4.78, 5) is 9.15. The molecule has 1 aromatic carbocycles. The van der Waals surface area contributed by atoms with Gasteiger partial charge in [0, 0.05) is 17.7 Å². The van der Waals surface area contributed by atoms with E-state index in [0.717, 1.165) is 36.4 Å². The highest BCUT2D eigenvalue weighted by Crippen LogP contribution is 2.23. The molecule has 1 aliphatic carbocycles. The second kappa shape index (κ2) is 5.54. The molecule has 1 atom stereocenters. The second-order valence-electron chi connectivity index (χ2n) is 4.67. The summed E-state index contributed by atoms with van der Waals surface area (Å²) in [6, 6.07) is 10.0. The summed E-state index contributed by atoms with van der Waals surface area (Å²) in [5.74, 6) is 0.748. The number of hydrogen-bond acceptors (Lipinski definition) is 2. The van der Waals surface area contributed by atoms with Crippen LogP contribution in [0.25, 0.3) is 0 Å². The van der Waals surface area contributed by atoms with Crippen LogP contribution in [-0.4, -0.2) is 17.0 Å². The van der Waals surface area contributed by atoms with Crippen LogP contribution in [0.5, 0.6) is 0 Å². The van der Waals surface area contributed by atoms with E-state index in [1.807, 2.05) is 30.3 Å². The van der Waals surface area contributed by atoms with Gasteiger partial charge in [-0.1, -0.05) is 60.2 Å². The van der Waals surface area contributed by atoms with E-state index in [2.05, 4.69) is 23.2 Å². The van der Waals surface area contributed by atoms with Gasteiger partial charge in [-0.3, -0.25) is 0 Å². The van der Waals surface area contributed by atoms with Gasteiger partial charge in [-0.25, -0.2) is 9.98 Å². The fraction of sp³-hybridized carbons (Fsp3) is 0.250. The second-order valence-corrected chi connectivity index (χ2v) is 5.18. The lowest BCUT2D eigenvalue weighted by Crippen LogP contribution is -2.19. The number of aliphatic imine (C=N–C) groups is 2. The molecular weight excluding hydrogens is 256 g/mol. The normalized spacial score (nSPS) is 22.6. The smallest absolute Gasteiger partial charge is 0.156 e.